The lowest BCUT2D eigenvalue weighted by molar-refractivity contribution is -0.125. The maximum atomic E-state index is 13.2. The topological polar surface area (TPSA) is 67.9 Å². The number of hydrogen-bond acceptors (Lipinski definition) is 4. The Balaban J connectivity index is 1.75. The van der Waals surface area contributed by atoms with Crippen molar-refractivity contribution in [3.05, 3.63) is 54.1 Å². The number of methoxy groups -OCH3 is 1. The van der Waals surface area contributed by atoms with Gasteiger partial charge in [0, 0.05) is 30.8 Å². The summed E-state index contributed by atoms with van der Waals surface area (Å²) >= 11 is 0. The molecular weight excluding hydrogens is 368 g/mol. The third kappa shape index (κ3) is 4.95. The van der Waals surface area contributed by atoms with E-state index in [1.54, 1.807) is 18.1 Å². The molecule has 1 fully saturated rings. The van der Waals surface area contributed by atoms with E-state index in [1.165, 1.54) is 0 Å². The number of ether oxygens (including phenoxy) is 2. The molecule has 1 heterocycles. The van der Waals surface area contributed by atoms with Gasteiger partial charge in [-0.3, -0.25) is 9.59 Å². The Morgan fingerprint density at radius 3 is 2.79 bits per heavy atom. The van der Waals surface area contributed by atoms with Crippen molar-refractivity contribution in [3.63, 3.8) is 0 Å². The molecule has 29 heavy (non-hydrogen) atoms. The average Bonchev–Trinajstić information content (AvgIpc) is 3.26. The number of para-hydroxylation sites is 1. The Morgan fingerprint density at radius 1 is 1.17 bits per heavy atom. The van der Waals surface area contributed by atoms with Gasteiger partial charge in [-0.1, -0.05) is 30.3 Å². The van der Waals surface area contributed by atoms with Crippen LogP contribution in [0.1, 0.15) is 30.1 Å². The van der Waals surface area contributed by atoms with Gasteiger partial charge in [0.1, 0.15) is 11.8 Å². The van der Waals surface area contributed by atoms with Crippen molar-refractivity contribution in [2.75, 3.05) is 33.4 Å². The van der Waals surface area contributed by atoms with Gasteiger partial charge in [0.05, 0.1) is 13.7 Å². The Kier molecular flexibility index (Phi) is 7.25. The maximum absolute atomic E-state index is 13.2. The van der Waals surface area contributed by atoms with Crippen LogP contribution in [0.3, 0.4) is 0 Å². The Morgan fingerprint density at radius 2 is 2.00 bits per heavy atom. The summed E-state index contributed by atoms with van der Waals surface area (Å²) in [6.07, 6.45) is 1.50. The lowest BCUT2D eigenvalue weighted by atomic mass is 10.0. The van der Waals surface area contributed by atoms with Crippen molar-refractivity contribution >= 4 is 11.8 Å². The zero-order valence-electron chi connectivity index (χ0n) is 17.0. The smallest absolute Gasteiger partial charge is 0.254 e. The summed E-state index contributed by atoms with van der Waals surface area (Å²) in [6.45, 7) is 4.05. The van der Waals surface area contributed by atoms with Crippen LogP contribution in [0.25, 0.3) is 11.1 Å². The van der Waals surface area contributed by atoms with Crippen LogP contribution in [0.2, 0.25) is 0 Å². The fourth-order valence-corrected chi connectivity index (χ4v) is 3.66. The lowest BCUT2D eigenvalue weighted by Gasteiger charge is -2.24. The largest absolute Gasteiger partial charge is 0.496 e. The molecule has 6 heteroatoms. The number of rotatable bonds is 8. The van der Waals surface area contributed by atoms with Gasteiger partial charge < -0.3 is 19.7 Å². The highest BCUT2D eigenvalue weighted by Crippen LogP contribution is 2.30. The van der Waals surface area contributed by atoms with Gasteiger partial charge in [0.15, 0.2) is 0 Å². The van der Waals surface area contributed by atoms with E-state index in [-0.39, 0.29) is 11.8 Å². The van der Waals surface area contributed by atoms with Crippen LogP contribution in [0.4, 0.5) is 0 Å². The third-order valence-electron chi connectivity index (χ3n) is 5.09. The molecule has 1 atom stereocenters. The van der Waals surface area contributed by atoms with Crippen LogP contribution in [0, 0.1) is 0 Å². The van der Waals surface area contributed by atoms with Crippen LogP contribution in [0.15, 0.2) is 48.5 Å². The SMILES string of the molecule is CCOCCNC(=O)[C@@H]1CCCN1C(=O)c1cccc(-c2ccccc2OC)c1. The monoisotopic (exact) mass is 396 g/mol. The second kappa shape index (κ2) is 10.1. The highest BCUT2D eigenvalue weighted by Gasteiger charge is 2.34. The van der Waals surface area contributed by atoms with Crippen LogP contribution < -0.4 is 10.1 Å². The number of nitrogens with one attached hydrogen (secondary N) is 1. The Hall–Kier alpha value is -2.86. The van der Waals surface area contributed by atoms with E-state index in [0.717, 1.165) is 23.3 Å². The molecule has 0 bridgehead atoms. The van der Waals surface area contributed by atoms with E-state index in [9.17, 15) is 9.59 Å². The van der Waals surface area contributed by atoms with Crippen LogP contribution >= 0.6 is 0 Å². The molecule has 0 aliphatic carbocycles. The highest BCUT2D eigenvalue weighted by atomic mass is 16.5. The van der Waals surface area contributed by atoms with Gasteiger partial charge >= 0.3 is 0 Å². The fraction of sp³-hybridized carbons (Fsp3) is 0.391. The molecule has 0 aromatic heterocycles. The predicted molar refractivity (Wildman–Crippen MR) is 112 cm³/mol. The van der Waals surface area contributed by atoms with E-state index >= 15 is 0 Å². The van der Waals surface area contributed by atoms with Crippen LogP contribution in [0.5, 0.6) is 5.75 Å². The summed E-state index contributed by atoms with van der Waals surface area (Å²) in [5.41, 5.74) is 2.41. The minimum Gasteiger partial charge on any atom is -0.496 e. The van der Waals surface area contributed by atoms with Crippen molar-refractivity contribution in [1.82, 2.24) is 10.2 Å². The normalized spacial score (nSPS) is 15.9. The molecule has 1 N–H and O–H groups in total. The number of carbonyl (C=O) groups excluding carboxylic acids is 2. The highest BCUT2D eigenvalue weighted by molar-refractivity contribution is 5.99. The molecule has 1 saturated heterocycles. The second-order valence-electron chi connectivity index (χ2n) is 6.93. The van der Waals surface area contributed by atoms with Crippen molar-refractivity contribution < 1.29 is 19.1 Å². The van der Waals surface area contributed by atoms with Gasteiger partial charge in [0.25, 0.3) is 5.91 Å². The number of carbonyl (C=O) groups is 2. The van der Waals surface area contributed by atoms with Crippen LogP contribution in [-0.2, 0) is 9.53 Å². The zero-order valence-corrected chi connectivity index (χ0v) is 17.0. The third-order valence-corrected chi connectivity index (χ3v) is 5.09. The standard InChI is InChI=1S/C23H28N2O4/c1-3-29-15-13-24-22(26)20-11-7-14-25(20)23(27)18-9-6-8-17(16-18)19-10-4-5-12-21(19)28-2/h4-6,8-10,12,16,20H,3,7,11,13-15H2,1-2H3,(H,24,26)/t20-/m0/s1. The minimum absolute atomic E-state index is 0.114. The first kappa shape index (κ1) is 20.9. The van der Waals surface area contributed by atoms with Crippen LogP contribution in [-0.4, -0.2) is 56.2 Å². The predicted octanol–water partition coefficient (Wildman–Crippen LogP) is 3.12. The molecule has 0 saturated carbocycles. The summed E-state index contributed by atoms with van der Waals surface area (Å²) in [7, 11) is 1.63. The van der Waals surface area contributed by atoms with Crippen molar-refractivity contribution in [2.45, 2.75) is 25.8 Å². The lowest BCUT2D eigenvalue weighted by Crippen LogP contribution is -2.46. The number of benzene rings is 2. The molecule has 6 nitrogen and oxygen atoms in total. The van der Waals surface area contributed by atoms with Crippen molar-refractivity contribution in [1.29, 1.82) is 0 Å². The summed E-state index contributed by atoms with van der Waals surface area (Å²) in [6, 6.07) is 14.8. The quantitative estimate of drug-likeness (QED) is 0.696. The first-order valence-electron chi connectivity index (χ1n) is 10.1. The van der Waals surface area contributed by atoms with E-state index in [0.29, 0.717) is 38.3 Å². The van der Waals surface area contributed by atoms with Gasteiger partial charge in [-0.25, -0.2) is 0 Å². The molecule has 2 amide bonds. The van der Waals surface area contributed by atoms with Gasteiger partial charge in [-0.2, -0.15) is 0 Å². The van der Waals surface area contributed by atoms with Gasteiger partial charge in [0.2, 0.25) is 5.91 Å². The van der Waals surface area contributed by atoms with Gasteiger partial charge in [-0.15, -0.1) is 0 Å². The van der Waals surface area contributed by atoms with Crippen molar-refractivity contribution in [3.8, 4) is 16.9 Å². The van der Waals surface area contributed by atoms with E-state index in [1.807, 2.05) is 49.4 Å². The Labute approximate surface area is 171 Å². The van der Waals surface area contributed by atoms with E-state index < -0.39 is 6.04 Å². The molecule has 154 valence electrons. The number of hydrogen-bond donors (Lipinski definition) is 1. The van der Waals surface area contributed by atoms with Gasteiger partial charge in [-0.05, 0) is 43.5 Å². The second-order valence-corrected chi connectivity index (χ2v) is 6.93. The summed E-state index contributed by atoms with van der Waals surface area (Å²) < 4.78 is 10.7. The molecular formula is C23H28N2O4. The number of amides is 2. The summed E-state index contributed by atoms with van der Waals surface area (Å²) in [5, 5.41) is 2.87. The van der Waals surface area contributed by atoms with Crippen molar-refractivity contribution in [2.24, 2.45) is 0 Å². The molecule has 0 radical (unpaired) electrons. The maximum Gasteiger partial charge on any atom is 0.254 e. The summed E-state index contributed by atoms with van der Waals surface area (Å²) in [5.74, 6) is 0.519. The summed E-state index contributed by atoms with van der Waals surface area (Å²) in [4.78, 5) is 27.4. The molecule has 0 unspecified atom stereocenters. The Bertz CT molecular complexity index is 852. The molecule has 0 spiro atoms. The fourth-order valence-electron chi connectivity index (χ4n) is 3.66. The molecule has 1 aliphatic heterocycles. The number of likely N-dealkylation sites (tertiary alicyclic amines) is 1. The molecule has 3 rings (SSSR count). The first-order chi connectivity index (χ1) is 14.2. The minimum atomic E-state index is -0.431. The molecule has 1 aliphatic rings. The average molecular weight is 396 g/mol. The zero-order chi connectivity index (χ0) is 20.6. The number of nitrogens with zero attached hydrogens (tertiary/aromatic N) is 1. The van der Waals surface area contributed by atoms with E-state index in [2.05, 4.69) is 5.32 Å². The van der Waals surface area contributed by atoms with E-state index in [4.69, 9.17) is 9.47 Å². The molecule has 2 aromatic rings. The first-order valence-corrected chi connectivity index (χ1v) is 10.1. The molecule has 2 aromatic carbocycles.